The monoisotopic (exact) mass is 503 g/mol. The largest absolute Gasteiger partial charge is 0.377 e. The highest BCUT2D eigenvalue weighted by Gasteiger charge is 2.20. The van der Waals surface area contributed by atoms with E-state index in [2.05, 4.69) is 5.32 Å². The molecule has 35 heavy (non-hydrogen) atoms. The maximum atomic E-state index is 13.4. The summed E-state index contributed by atoms with van der Waals surface area (Å²) in [4.78, 5) is 30.8. The van der Waals surface area contributed by atoms with Gasteiger partial charge in [-0.1, -0.05) is 60.1 Å². The Morgan fingerprint density at radius 3 is 2.31 bits per heavy atom. The van der Waals surface area contributed by atoms with Crippen molar-refractivity contribution >= 4 is 46.1 Å². The molecular formula is C28H26ClN3O2S. The molecule has 4 rings (SSSR count). The van der Waals surface area contributed by atoms with Crippen LogP contribution in [0, 0.1) is 0 Å². The van der Waals surface area contributed by atoms with Crippen LogP contribution in [0.5, 0.6) is 0 Å². The van der Waals surface area contributed by atoms with Gasteiger partial charge in [-0.25, -0.2) is 0 Å². The van der Waals surface area contributed by atoms with E-state index in [-0.39, 0.29) is 11.8 Å². The van der Waals surface area contributed by atoms with Gasteiger partial charge in [0.05, 0.1) is 15.5 Å². The Kier molecular flexibility index (Phi) is 7.85. The number of carbonyl (C=O) groups excluding carboxylic acids is 2. The third kappa shape index (κ3) is 6.10. The molecule has 2 amide bonds. The van der Waals surface area contributed by atoms with Crippen LogP contribution >= 0.6 is 22.9 Å². The van der Waals surface area contributed by atoms with Gasteiger partial charge in [0.1, 0.15) is 0 Å². The fourth-order valence-electron chi connectivity index (χ4n) is 3.83. The molecule has 0 saturated carbocycles. The van der Waals surface area contributed by atoms with Crippen LogP contribution in [0.3, 0.4) is 0 Å². The highest BCUT2D eigenvalue weighted by molar-refractivity contribution is 7.12. The first-order valence-electron chi connectivity index (χ1n) is 11.1. The van der Waals surface area contributed by atoms with Crippen molar-refractivity contribution < 1.29 is 9.59 Å². The molecule has 0 spiro atoms. The van der Waals surface area contributed by atoms with Gasteiger partial charge in [0.2, 0.25) is 0 Å². The average molecular weight is 504 g/mol. The zero-order valence-electron chi connectivity index (χ0n) is 19.6. The number of rotatable bonds is 8. The molecule has 1 N–H and O–H groups in total. The van der Waals surface area contributed by atoms with E-state index in [4.69, 9.17) is 11.6 Å². The van der Waals surface area contributed by atoms with Gasteiger partial charge in [-0.15, -0.1) is 11.3 Å². The van der Waals surface area contributed by atoms with Crippen molar-refractivity contribution in [1.29, 1.82) is 0 Å². The summed E-state index contributed by atoms with van der Waals surface area (Å²) in [7, 11) is 3.92. The number of benzene rings is 3. The summed E-state index contributed by atoms with van der Waals surface area (Å²) in [6, 6.07) is 26.3. The first-order valence-corrected chi connectivity index (χ1v) is 12.4. The van der Waals surface area contributed by atoms with Crippen LogP contribution in [0.25, 0.3) is 0 Å². The summed E-state index contributed by atoms with van der Waals surface area (Å²) in [5, 5.41) is 5.24. The summed E-state index contributed by atoms with van der Waals surface area (Å²) < 4.78 is 0. The van der Waals surface area contributed by atoms with Crippen LogP contribution in [0.1, 0.15) is 31.2 Å². The number of hydrogen-bond donors (Lipinski definition) is 1. The van der Waals surface area contributed by atoms with Crippen LogP contribution in [0.15, 0.2) is 90.3 Å². The number of nitrogens with one attached hydrogen (secondary N) is 1. The van der Waals surface area contributed by atoms with Gasteiger partial charge in [-0.2, -0.15) is 0 Å². The number of amides is 2. The number of nitrogens with zero attached hydrogens (tertiary/aromatic N) is 2. The summed E-state index contributed by atoms with van der Waals surface area (Å²) in [6.07, 6.45) is 0. The molecule has 4 aromatic rings. The third-order valence-electron chi connectivity index (χ3n) is 5.53. The van der Waals surface area contributed by atoms with Crippen molar-refractivity contribution in [3.63, 3.8) is 0 Å². The Balaban J connectivity index is 1.65. The summed E-state index contributed by atoms with van der Waals surface area (Å²) >= 11 is 7.63. The third-order valence-corrected chi connectivity index (χ3v) is 6.72. The second-order valence-corrected chi connectivity index (χ2v) is 9.65. The maximum Gasteiger partial charge on any atom is 0.264 e. The maximum absolute atomic E-state index is 13.4. The lowest BCUT2D eigenvalue weighted by atomic mass is 10.1. The van der Waals surface area contributed by atoms with Crippen molar-refractivity contribution in [1.82, 2.24) is 4.90 Å². The molecule has 0 unspecified atom stereocenters. The normalized spacial score (nSPS) is 10.6. The highest BCUT2D eigenvalue weighted by Crippen LogP contribution is 2.27. The van der Waals surface area contributed by atoms with E-state index in [0.29, 0.717) is 34.2 Å². The lowest BCUT2D eigenvalue weighted by Gasteiger charge is -2.26. The molecule has 7 heteroatoms. The molecule has 0 aliphatic heterocycles. The molecule has 0 saturated heterocycles. The van der Waals surface area contributed by atoms with E-state index in [1.54, 1.807) is 24.3 Å². The lowest BCUT2D eigenvalue weighted by molar-refractivity contribution is 0.0735. The van der Waals surface area contributed by atoms with Crippen molar-refractivity contribution in [2.45, 2.75) is 13.1 Å². The Morgan fingerprint density at radius 2 is 1.63 bits per heavy atom. The van der Waals surface area contributed by atoms with Gasteiger partial charge in [-0.05, 0) is 52.9 Å². The average Bonchev–Trinajstić information content (AvgIpc) is 3.39. The van der Waals surface area contributed by atoms with Gasteiger partial charge in [0, 0.05) is 38.6 Å². The highest BCUT2D eigenvalue weighted by atomic mass is 35.5. The SMILES string of the molecule is CN(C)c1ccc(NC(=O)c2ccccc2Cl)cc1CN(Cc1ccccc1)C(=O)c1cccs1. The Bertz CT molecular complexity index is 1310. The quantitative estimate of drug-likeness (QED) is 0.296. The minimum atomic E-state index is -0.282. The van der Waals surface area contributed by atoms with Crippen molar-refractivity contribution in [2.24, 2.45) is 0 Å². The number of hydrogen-bond acceptors (Lipinski definition) is 4. The van der Waals surface area contributed by atoms with E-state index in [9.17, 15) is 9.59 Å². The molecule has 1 heterocycles. The molecule has 0 aliphatic carbocycles. The van der Waals surface area contributed by atoms with E-state index in [1.807, 2.05) is 89.9 Å². The molecule has 0 radical (unpaired) electrons. The first kappa shape index (κ1) is 24.5. The lowest BCUT2D eigenvalue weighted by Crippen LogP contribution is -2.30. The van der Waals surface area contributed by atoms with Gasteiger partial charge < -0.3 is 15.1 Å². The molecule has 178 valence electrons. The van der Waals surface area contributed by atoms with Gasteiger partial charge >= 0.3 is 0 Å². The van der Waals surface area contributed by atoms with Crippen LogP contribution in [0.4, 0.5) is 11.4 Å². The van der Waals surface area contributed by atoms with Gasteiger partial charge in [0.25, 0.3) is 11.8 Å². The zero-order chi connectivity index (χ0) is 24.8. The molecule has 0 atom stereocenters. The standard InChI is InChI=1S/C28H26ClN3O2S/c1-31(2)25-15-14-22(30-27(33)23-11-6-7-12-24(23)29)17-21(25)19-32(18-20-9-4-3-5-10-20)28(34)26-13-8-16-35-26/h3-17H,18-19H2,1-2H3,(H,30,33). The molecule has 0 bridgehead atoms. The Hall–Kier alpha value is -3.61. The molecule has 0 fully saturated rings. The van der Waals surface area contributed by atoms with E-state index in [0.717, 1.165) is 16.8 Å². The number of halogens is 1. The Labute approximate surface area is 214 Å². The molecule has 5 nitrogen and oxygen atoms in total. The molecular weight excluding hydrogens is 478 g/mol. The molecule has 3 aromatic carbocycles. The fraction of sp³-hybridized carbons (Fsp3) is 0.143. The van der Waals surface area contributed by atoms with Crippen molar-refractivity contribution in [2.75, 3.05) is 24.3 Å². The zero-order valence-corrected chi connectivity index (χ0v) is 21.1. The smallest absolute Gasteiger partial charge is 0.264 e. The summed E-state index contributed by atoms with van der Waals surface area (Å²) in [5.41, 5.74) is 3.99. The Morgan fingerprint density at radius 1 is 0.886 bits per heavy atom. The van der Waals surface area contributed by atoms with Crippen LogP contribution in [-0.2, 0) is 13.1 Å². The van der Waals surface area contributed by atoms with Gasteiger partial charge in [0.15, 0.2) is 0 Å². The molecule has 1 aromatic heterocycles. The number of anilines is 2. The summed E-state index contributed by atoms with van der Waals surface area (Å²) in [5.74, 6) is -0.311. The first-order chi connectivity index (χ1) is 16.9. The predicted octanol–water partition coefficient (Wildman–Crippen LogP) is 6.56. The topological polar surface area (TPSA) is 52.7 Å². The van der Waals surface area contributed by atoms with Crippen LogP contribution in [0.2, 0.25) is 5.02 Å². The minimum Gasteiger partial charge on any atom is -0.377 e. The minimum absolute atomic E-state index is 0.0286. The van der Waals surface area contributed by atoms with E-state index >= 15 is 0 Å². The van der Waals surface area contributed by atoms with E-state index in [1.165, 1.54) is 11.3 Å². The second kappa shape index (κ2) is 11.2. The van der Waals surface area contributed by atoms with E-state index < -0.39 is 0 Å². The fourth-order valence-corrected chi connectivity index (χ4v) is 4.75. The predicted molar refractivity (Wildman–Crippen MR) is 145 cm³/mol. The molecule has 0 aliphatic rings. The number of thiophene rings is 1. The second-order valence-electron chi connectivity index (χ2n) is 8.30. The van der Waals surface area contributed by atoms with Crippen LogP contribution < -0.4 is 10.2 Å². The van der Waals surface area contributed by atoms with Crippen LogP contribution in [-0.4, -0.2) is 30.8 Å². The van der Waals surface area contributed by atoms with Crippen molar-refractivity contribution in [3.05, 3.63) is 117 Å². The number of carbonyl (C=O) groups is 2. The van der Waals surface area contributed by atoms with Gasteiger partial charge in [-0.3, -0.25) is 9.59 Å². The summed E-state index contributed by atoms with van der Waals surface area (Å²) in [6.45, 7) is 0.857. The van der Waals surface area contributed by atoms with Crippen molar-refractivity contribution in [3.8, 4) is 0 Å².